The molecule has 2 heterocycles. The van der Waals surface area contributed by atoms with Crippen molar-refractivity contribution in [1.29, 1.82) is 0 Å². The van der Waals surface area contributed by atoms with Crippen LogP contribution < -0.4 is 39.9 Å². The first kappa shape index (κ1) is 45.2. The van der Waals surface area contributed by atoms with Gasteiger partial charge in [0.2, 0.25) is 0 Å². The monoisotopic (exact) mass is 816 g/mol. The third-order valence-corrected chi connectivity index (χ3v) is 9.58. The van der Waals surface area contributed by atoms with Gasteiger partial charge in [-0.25, -0.2) is 9.59 Å². The summed E-state index contributed by atoms with van der Waals surface area (Å²) in [5.74, 6) is -1.12. The minimum atomic E-state index is -1.18. The van der Waals surface area contributed by atoms with Gasteiger partial charge in [-0.2, -0.15) is 0 Å². The number of carbonyl (C=O) groups is 4. The number of hydrogen-bond acceptors (Lipinski definition) is 12. The van der Waals surface area contributed by atoms with Gasteiger partial charge in [-0.1, -0.05) is 36.5 Å². The van der Waals surface area contributed by atoms with E-state index >= 15 is 0 Å². The number of nitrogens with zero attached hydrogens (tertiary/aromatic N) is 2. The highest BCUT2D eigenvalue weighted by molar-refractivity contribution is 6.00. The normalized spacial score (nSPS) is 16.4. The Balaban J connectivity index is 1.69. The van der Waals surface area contributed by atoms with Crippen LogP contribution in [0.3, 0.4) is 0 Å². The van der Waals surface area contributed by atoms with Crippen molar-refractivity contribution in [3.8, 4) is 34.5 Å². The number of aliphatic hydroxyl groups is 2. The molecule has 0 saturated heterocycles. The van der Waals surface area contributed by atoms with E-state index in [2.05, 4.69) is 13.2 Å². The van der Waals surface area contributed by atoms with Crippen LogP contribution in [0.4, 0.5) is 9.59 Å². The van der Waals surface area contributed by atoms with Crippen LogP contribution in [0, 0.1) is 0 Å². The molecular formula is C43H52N4O12. The van der Waals surface area contributed by atoms with Gasteiger partial charge in [-0.3, -0.25) is 9.59 Å². The molecule has 2 atom stereocenters. The van der Waals surface area contributed by atoms with Crippen LogP contribution in [0.2, 0.25) is 0 Å². The number of rotatable bonds is 20. The molecule has 0 saturated carbocycles. The number of benzene rings is 2. The summed E-state index contributed by atoms with van der Waals surface area (Å²) in [6, 6.07) is 4.25. The summed E-state index contributed by atoms with van der Waals surface area (Å²) in [5, 5.41) is 20.1. The lowest BCUT2D eigenvalue weighted by Gasteiger charge is -2.34. The summed E-state index contributed by atoms with van der Waals surface area (Å²) in [5.41, 5.74) is 11.2. The molecule has 6 N–H and O–H groups in total. The molecule has 0 aliphatic carbocycles. The van der Waals surface area contributed by atoms with Gasteiger partial charge in [0.1, 0.15) is 17.1 Å². The van der Waals surface area contributed by atoms with Crippen molar-refractivity contribution in [3.63, 3.8) is 0 Å². The molecule has 2 aliphatic rings. The fraction of sp³-hybridized carbons (Fsp3) is 0.349. The maximum absolute atomic E-state index is 13.9. The van der Waals surface area contributed by atoms with Crippen molar-refractivity contribution in [2.45, 2.75) is 63.6 Å². The Morgan fingerprint density at radius 3 is 1.56 bits per heavy atom. The highest BCUT2D eigenvalue weighted by Gasteiger charge is 2.36. The molecule has 0 bridgehead atoms. The molecule has 0 fully saturated rings. The topological polar surface area (TPSA) is 223 Å². The van der Waals surface area contributed by atoms with Crippen LogP contribution in [0.15, 0.2) is 97.4 Å². The van der Waals surface area contributed by atoms with Gasteiger partial charge in [0.05, 0.1) is 57.3 Å². The number of nitrogens with two attached hydrogens (primary N) is 2. The Labute approximate surface area is 343 Å². The van der Waals surface area contributed by atoms with Gasteiger partial charge in [-0.05, 0) is 37.8 Å². The van der Waals surface area contributed by atoms with Crippen LogP contribution >= 0.6 is 0 Å². The average Bonchev–Trinajstić information content (AvgIpc) is 3.81. The zero-order valence-corrected chi connectivity index (χ0v) is 33.7. The quantitative estimate of drug-likeness (QED) is 0.118. The lowest BCUT2D eigenvalue weighted by atomic mass is 9.91. The van der Waals surface area contributed by atoms with Crippen LogP contribution in [-0.4, -0.2) is 95.7 Å². The molecule has 59 heavy (non-hydrogen) atoms. The SMILES string of the molecule is C=CCC(CC=C)(CCOc1cc(OC(N)=O)c(C(=O)N2C=C(C=CC)C[C@H]2CO)cc1OC)Oc1cc(OC(N)=O)c(C(=O)N2C=C(C=CC)C[C@H]2CO)cc1OC. The van der Waals surface area contributed by atoms with Crippen LogP contribution in [0.1, 0.15) is 66.7 Å². The van der Waals surface area contributed by atoms with Crippen molar-refractivity contribution in [3.05, 3.63) is 109 Å². The molecule has 4 rings (SSSR count). The van der Waals surface area contributed by atoms with E-state index < -0.39 is 41.7 Å². The lowest BCUT2D eigenvalue weighted by Crippen LogP contribution is -2.37. The molecule has 4 amide bonds. The number of ether oxygens (including phenoxy) is 6. The Bertz CT molecular complexity index is 2030. The van der Waals surface area contributed by atoms with E-state index in [0.29, 0.717) is 12.8 Å². The molecule has 2 aromatic carbocycles. The minimum absolute atomic E-state index is 0.0442. The van der Waals surface area contributed by atoms with Crippen molar-refractivity contribution >= 4 is 24.0 Å². The van der Waals surface area contributed by atoms with E-state index in [9.17, 15) is 29.4 Å². The van der Waals surface area contributed by atoms with Gasteiger partial charge in [-0.15, -0.1) is 13.2 Å². The second-order valence-electron chi connectivity index (χ2n) is 13.6. The Hall–Kier alpha value is -6.52. The minimum Gasteiger partial charge on any atom is -0.493 e. The molecule has 0 spiro atoms. The predicted octanol–water partition coefficient (Wildman–Crippen LogP) is 5.69. The number of primary amides is 2. The highest BCUT2D eigenvalue weighted by Crippen LogP contribution is 2.42. The van der Waals surface area contributed by atoms with Gasteiger partial charge in [0.15, 0.2) is 23.0 Å². The number of allylic oxidation sites excluding steroid dienone is 4. The highest BCUT2D eigenvalue weighted by atomic mass is 16.6. The molecule has 0 unspecified atom stereocenters. The molecule has 316 valence electrons. The fourth-order valence-electron chi connectivity index (χ4n) is 6.94. The van der Waals surface area contributed by atoms with Gasteiger partial charge in [0, 0.05) is 55.9 Å². The smallest absolute Gasteiger partial charge is 0.409 e. The summed E-state index contributed by atoms with van der Waals surface area (Å²) in [7, 11) is 2.76. The molecule has 2 aliphatic heterocycles. The molecule has 0 radical (unpaired) electrons. The average molecular weight is 817 g/mol. The van der Waals surface area contributed by atoms with Gasteiger partial charge < -0.3 is 59.9 Å². The fourth-order valence-corrected chi connectivity index (χ4v) is 6.94. The van der Waals surface area contributed by atoms with Crippen LogP contribution in [0.25, 0.3) is 0 Å². The van der Waals surface area contributed by atoms with Crippen molar-refractivity contribution in [1.82, 2.24) is 9.80 Å². The largest absolute Gasteiger partial charge is 0.493 e. The van der Waals surface area contributed by atoms with Crippen molar-refractivity contribution in [2.24, 2.45) is 11.5 Å². The van der Waals surface area contributed by atoms with Gasteiger partial charge in [0.25, 0.3) is 11.8 Å². The van der Waals surface area contributed by atoms with Crippen LogP contribution in [0.5, 0.6) is 34.5 Å². The second-order valence-corrected chi connectivity index (χ2v) is 13.6. The van der Waals surface area contributed by atoms with E-state index in [-0.39, 0.29) is 84.7 Å². The van der Waals surface area contributed by atoms with E-state index in [1.54, 1.807) is 24.6 Å². The van der Waals surface area contributed by atoms with Crippen molar-refractivity contribution in [2.75, 3.05) is 34.0 Å². The van der Waals surface area contributed by atoms with Crippen molar-refractivity contribution < 1.29 is 57.8 Å². The maximum Gasteiger partial charge on any atom is 0.409 e. The Kier molecular flexibility index (Phi) is 15.9. The number of methoxy groups -OCH3 is 2. The summed E-state index contributed by atoms with van der Waals surface area (Å²) >= 11 is 0. The molecule has 16 heteroatoms. The lowest BCUT2D eigenvalue weighted by molar-refractivity contribution is 0.0468. The maximum atomic E-state index is 13.9. The first-order valence-electron chi connectivity index (χ1n) is 18.8. The number of aliphatic hydroxyl groups excluding tert-OH is 2. The van der Waals surface area contributed by atoms with Crippen LogP contribution in [-0.2, 0) is 0 Å². The van der Waals surface area contributed by atoms with Gasteiger partial charge >= 0.3 is 12.2 Å². The number of carbonyl (C=O) groups excluding carboxylic acids is 4. The standard InChI is InChI=1S/C43H52N4O12/c1-7-11-27-17-29(25-48)46(23-27)39(50)31-19-35(54-5)37(21-33(31)57-41(44)52)56-16-15-43(13-9-3,14-10-4)59-38-22-34(58-42(45)53)32(20-36(38)55-6)40(51)47-24-28(12-8-2)18-30(47)26-49/h7-12,19-24,29-30,48-49H,3-4,13-18,25-26H2,1-2,5-6H3,(H2,44,52)(H2,45,53)/t29-,30-/m0/s1. The zero-order chi connectivity index (χ0) is 43.3. The first-order valence-corrected chi connectivity index (χ1v) is 18.8. The summed E-state index contributed by atoms with van der Waals surface area (Å²) in [4.78, 5) is 54.6. The van der Waals surface area contributed by atoms with E-state index in [1.807, 2.05) is 38.2 Å². The third kappa shape index (κ3) is 10.9. The Morgan fingerprint density at radius 1 is 0.729 bits per heavy atom. The summed E-state index contributed by atoms with van der Waals surface area (Å²) in [6.45, 7) is 10.8. The molecule has 2 aromatic rings. The number of hydrogen-bond donors (Lipinski definition) is 4. The van der Waals surface area contributed by atoms with E-state index in [1.165, 1.54) is 48.3 Å². The predicted molar refractivity (Wildman–Crippen MR) is 219 cm³/mol. The molecular weight excluding hydrogens is 764 g/mol. The second kappa shape index (κ2) is 20.8. The third-order valence-electron chi connectivity index (χ3n) is 9.58. The first-order chi connectivity index (χ1) is 28.3. The Morgan fingerprint density at radius 2 is 1.17 bits per heavy atom. The molecule has 0 aromatic heterocycles. The molecule has 16 nitrogen and oxygen atoms in total. The summed E-state index contributed by atoms with van der Waals surface area (Å²) < 4.78 is 34.7. The van der Waals surface area contributed by atoms with E-state index in [0.717, 1.165) is 11.1 Å². The number of amides is 4. The van der Waals surface area contributed by atoms with E-state index in [4.69, 9.17) is 39.9 Å². The zero-order valence-electron chi connectivity index (χ0n) is 33.7. The summed E-state index contributed by atoms with van der Waals surface area (Å²) in [6.07, 6.45) is 13.0.